The molecule has 236 valence electrons. The van der Waals surface area contributed by atoms with Crippen molar-refractivity contribution >= 4 is 23.2 Å². The van der Waals surface area contributed by atoms with Crippen molar-refractivity contribution in [2.75, 3.05) is 10.2 Å². The van der Waals surface area contributed by atoms with Crippen molar-refractivity contribution in [3.63, 3.8) is 0 Å². The Labute approximate surface area is 256 Å². The molecule has 3 aromatic carbocycles. The molecule has 0 bridgehead atoms. The number of nitrogens with two attached hydrogens (primary N) is 1. The molecule has 1 saturated carbocycles. The molecule has 12 nitrogen and oxygen atoms in total. The molecule has 1 fully saturated rings. The maximum atomic E-state index is 12.6. The molecule has 0 atom stereocenters. The van der Waals surface area contributed by atoms with Crippen LogP contribution in [0, 0.1) is 15.5 Å². The lowest BCUT2D eigenvalue weighted by atomic mass is 9.84. The Morgan fingerprint density at radius 1 is 1.04 bits per heavy atom. The summed E-state index contributed by atoms with van der Waals surface area (Å²) < 4.78 is 41.8. The molecule has 1 amide bonds. The van der Waals surface area contributed by atoms with E-state index in [0.29, 0.717) is 17.2 Å². The Balaban J connectivity index is 1.64. The average Bonchev–Trinajstić information content (AvgIpc) is 3.00. The van der Waals surface area contributed by atoms with Crippen LogP contribution < -0.4 is 26.1 Å². The first-order valence-electron chi connectivity index (χ1n) is 14.0. The maximum absolute atomic E-state index is 12.6. The number of alkyl halides is 3. The average molecular weight is 625 g/mol. The van der Waals surface area contributed by atoms with Crippen LogP contribution in [0.2, 0.25) is 0 Å². The molecule has 1 aliphatic rings. The number of carbonyl (C=O) groups is 1. The lowest BCUT2D eigenvalue weighted by Crippen LogP contribution is -2.29. The zero-order valence-corrected chi connectivity index (χ0v) is 24.0. The molecular weight excluding hydrogens is 593 g/mol. The number of hydrogen-bond acceptors (Lipinski definition) is 8. The smallest absolute Gasteiger partial charge is 0.406 e. The summed E-state index contributed by atoms with van der Waals surface area (Å²) in [6, 6.07) is 18.9. The monoisotopic (exact) mass is 624 g/mol. The first-order valence-corrected chi connectivity index (χ1v) is 14.0. The van der Waals surface area contributed by atoms with Crippen molar-refractivity contribution in [1.29, 1.82) is 5.41 Å². The number of guanidine groups is 1. The van der Waals surface area contributed by atoms with Crippen LogP contribution in [0.5, 0.6) is 5.75 Å². The highest BCUT2D eigenvalue weighted by atomic mass is 19.4. The quantitative estimate of drug-likeness (QED) is 0.0479. The minimum Gasteiger partial charge on any atom is -0.406 e. The highest BCUT2D eigenvalue weighted by Crippen LogP contribution is 2.34. The Hall–Kier alpha value is -5.47. The van der Waals surface area contributed by atoms with Crippen molar-refractivity contribution < 1.29 is 27.6 Å². The van der Waals surface area contributed by atoms with Gasteiger partial charge in [-0.25, -0.2) is 0 Å². The van der Waals surface area contributed by atoms with E-state index in [1.54, 1.807) is 17.0 Å². The molecule has 0 heterocycles. The summed E-state index contributed by atoms with van der Waals surface area (Å²) >= 11 is 0. The number of nitrogens with zero attached hydrogens (tertiary/aromatic N) is 4. The van der Waals surface area contributed by atoms with E-state index in [1.807, 2.05) is 24.3 Å². The van der Waals surface area contributed by atoms with Crippen molar-refractivity contribution in [3.8, 4) is 5.75 Å². The van der Waals surface area contributed by atoms with Crippen molar-refractivity contribution in [2.45, 2.75) is 50.9 Å². The third-order valence-corrected chi connectivity index (χ3v) is 7.11. The Morgan fingerprint density at radius 3 is 2.27 bits per heavy atom. The van der Waals surface area contributed by atoms with E-state index >= 15 is 0 Å². The molecule has 3 aromatic rings. The van der Waals surface area contributed by atoms with Gasteiger partial charge in [0.05, 0.1) is 4.92 Å². The summed E-state index contributed by atoms with van der Waals surface area (Å²) in [7, 11) is 0. The molecule has 0 aromatic heterocycles. The fraction of sp³-hybridized carbons (Fsp3) is 0.267. The van der Waals surface area contributed by atoms with Gasteiger partial charge in [0.15, 0.2) is 5.82 Å². The number of anilines is 2. The molecular formula is C30H31F3N8O4. The van der Waals surface area contributed by atoms with Gasteiger partial charge in [-0.15, -0.1) is 13.2 Å². The topological polar surface area (TPSA) is 171 Å². The summed E-state index contributed by atoms with van der Waals surface area (Å²) in [5.41, 5.74) is 2.98. The summed E-state index contributed by atoms with van der Waals surface area (Å²) in [4.78, 5) is 25.2. The number of ether oxygens (including phenoxy) is 1. The number of rotatable bonds is 10. The minimum absolute atomic E-state index is 0.0392. The predicted octanol–water partition coefficient (Wildman–Crippen LogP) is 6.82. The number of nitro groups is 1. The predicted molar refractivity (Wildman–Crippen MR) is 161 cm³/mol. The van der Waals surface area contributed by atoms with Gasteiger partial charge in [0.25, 0.3) is 12.1 Å². The third-order valence-electron chi connectivity index (χ3n) is 7.11. The van der Waals surface area contributed by atoms with Gasteiger partial charge >= 0.3 is 6.36 Å². The maximum Gasteiger partial charge on any atom is 0.573 e. The van der Waals surface area contributed by atoms with Crippen LogP contribution in [-0.2, 0) is 6.54 Å². The van der Waals surface area contributed by atoms with Gasteiger partial charge in [0.1, 0.15) is 5.75 Å². The van der Waals surface area contributed by atoms with E-state index < -0.39 is 28.9 Å². The van der Waals surface area contributed by atoms with Gasteiger partial charge in [0, 0.05) is 23.5 Å². The van der Waals surface area contributed by atoms with Gasteiger partial charge in [-0.2, -0.15) is 0 Å². The van der Waals surface area contributed by atoms with E-state index in [1.165, 1.54) is 36.2 Å². The van der Waals surface area contributed by atoms with E-state index in [0.717, 1.165) is 44.0 Å². The molecule has 15 heteroatoms. The zero-order chi connectivity index (χ0) is 32.4. The lowest BCUT2D eigenvalue weighted by molar-refractivity contribution is -0.403. The lowest BCUT2D eigenvalue weighted by Gasteiger charge is -2.28. The van der Waals surface area contributed by atoms with Crippen molar-refractivity contribution in [1.82, 2.24) is 5.32 Å². The second-order valence-corrected chi connectivity index (χ2v) is 10.2. The second-order valence-electron chi connectivity index (χ2n) is 10.2. The van der Waals surface area contributed by atoms with Crippen LogP contribution >= 0.6 is 0 Å². The van der Waals surface area contributed by atoms with Crippen LogP contribution in [0.1, 0.15) is 59.5 Å². The summed E-state index contributed by atoms with van der Waals surface area (Å²) in [6.45, 7) is 0.115. The van der Waals surface area contributed by atoms with E-state index in [2.05, 4.69) is 25.7 Å². The Kier molecular flexibility index (Phi) is 10.7. The van der Waals surface area contributed by atoms with E-state index in [9.17, 15) is 28.1 Å². The third kappa shape index (κ3) is 9.77. The SMILES string of the molecule is N=C(N=NN)NC(=O)c1ccc(CN(/C(=C\[N+](=O)[O-])Nc2ccc(OC(F)(F)F)cc2)c2ccc(C3CCCCC3)cc2)cc1. The molecule has 0 unspecified atom stereocenters. The molecule has 1 aliphatic carbocycles. The minimum atomic E-state index is -4.86. The molecule has 5 N–H and O–H groups in total. The van der Waals surface area contributed by atoms with Crippen LogP contribution in [0.4, 0.5) is 24.5 Å². The number of hydrogen-bond donors (Lipinski definition) is 4. The fourth-order valence-corrected chi connectivity index (χ4v) is 5.04. The van der Waals surface area contributed by atoms with Crippen LogP contribution in [0.3, 0.4) is 0 Å². The molecule has 4 rings (SSSR count). The molecule has 0 aliphatic heterocycles. The van der Waals surface area contributed by atoms with Crippen molar-refractivity contribution in [3.05, 3.63) is 112 Å². The molecule has 0 radical (unpaired) electrons. The molecule has 45 heavy (non-hydrogen) atoms. The largest absolute Gasteiger partial charge is 0.573 e. The number of benzene rings is 3. The van der Waals surface area contributed by atoms with Gasteiger partial charge in [-0.05, 0) is 78.4 Å². The normalized spacial score (nSPS) is 14.2. The molecule has 0 spiro atoms. The Morgan fingerprint density at radius 2 is 1.69 bits per heavy atom. The molecule has 0 saturated heterocycles. The standard InChI is InChI=1S/C30H31F3N8O4/c31-30(32,33)45-26-16-12-24(13-17-26)36-27(19-41(43)44)40(25-14-10-22(11-15-25)21-4-2-1-3-5-21)18-20-6-8-23(9-7-20)28(42)37-29(34)38-39-35/h6-17,19,21,36H,1-5,18H2,(H4,34,35,37,38,42)/b27-19-. The highest BCUT2D eigenvalue weighted by molar-refractivity contribution is 6.04. The first-order chi connectivity index (χ1) is 21.5. The van der Waals surface area contributed by atoms with Gasteiger partial charge in [-0.1, -0.05) is 53.9 Å². The number of halogens is 3. The van der Waals surface area contributed by atoms with Gasteiger partial charge in [0.2, 0.25) is 5.96 Å². The van der Waals surface area contributed by atoms with Gasteiger partial charge in [-0.3, -0.25) is 25.6 Å². The van der Waals surface area contributed by atoms with Crippen LogP contribution in [0.15, 0.2) is 95.2 Å². The fourth-order valence-electron chi connectivity index (χ4n) is 5.04. The Bertz CT molecular complexity index is 1540. The van der Waals surface area contributed by atoms with Crippen LogP contribution in [0.25, 0.3) is 0 Å². The summed E-state index contributed by atoms with van der Waals surface area (Å²) in [6.07, 6.45) is 1.65. The second kappa shape index (κ2) is 14.8. The highest BCUT2D eigenvalue weighted by Gasteiger charge is 2.31. The number of amides is 1. The van der Waals surface area contributed by atoms with Crippen molar-refractivity contribution in [2.24, 2.45) is 16.2 Å². The summed E-state index contributed by atoms with van der Waals surface area (Å²) in [5, 5.41) is 30.6. The van der Waals surface area contributed by atoms with E-state index in [-0.39, 0.29) is 23.6 Å². The van der Waals surface area contributed by atoms with E-state index in [4.69, 9.17) is 11.3 Å². The number of carbonyl (C=O) groups excluding carboxylic acids is 1. The van der Waals surface area contributed by atoms with Crippen LogP contribution in [-0.4, -0.2) is 23.2 Å². The van der Waals surface area contributed by atoms with Gasteiger partial charge < -0.3 is 20.8 Å². The number of nitrogens with one attached hydrogen (secondary N) is 3. The summed E-state index contributed by atoms with van der Waals surface area (Å²) in [5.74, 6) is 3.80. The zero-order valence-electron chi connectivity index (χ0n) is 24.0. The first kappa shape index (κ1) is 32.4.